The van der Waals surface area contributed by atoms with Crippen LogP contribution < -0.4 is 20.1 Å². The lowest BCUT2D eigenvalue weighted by molar-refractivity contribution is 0.209. The van der Waals surface area contributed by atoms with Gasteiger partial charge in [-0.1, -0.05) is 36.4 Å². The standard InChI is InChI=1S/C36H41N5O2/c1-24(2)40-16-18-41(19-17-40)30-13-10-26(11-14-30)29-20-31(27-8-6-25(23-37)7-9-27)35-32(21-29)39(3)36(38-35)28-12-15-33(42-4)34(22-28)43-5/h6-15,20-22,24H,16-19,23,37H2,1-5H3. The van der Waals surface area contributed by atoms with E-state index in [4.69, 9.17) is 20.2 Å². The van der Waals surface area contributed by atoms with Gasteiger partial charge >= 0.3 is 0 Å². The van der Waals surface area contributed by atoms with Gasteiger partial charge in [0.05, 0.1) is 25.3 Å². The zero-order valence-corrected chi connectivity index (χ0v) is 25.8. The number of nitrogens with two attached hydrogens (primary N) is 1. The Morgan fingerprint density at radius 3 is 2.02 bits per heavy atom. The van der Waals surface area contributed by atoms with Crippen LogP contribution in [0.5, 0.6) is 11.5 Å². The van der Waals surface area contributed by atoms with Crippen LogP contribution in [-0.2, 0) is 13.6 Å². The van der Waals surface area contributed by atoms with Crippen LogP contribution in [0, 0.1) is 0 Å². The molecule has 0 radical (unpaired) electrons. The smallest absolute Gasteiger partial charge is 0.161 e. The molecule has 2 heterocycles. The van der Waals surface area contributed by atoms with Crippen molar-refractivity contribution in [3.8, 4) is 45.1 Å². The number of fused-ring (bicyclic) bond motifs is 1. The maximum atomic E-state index is 5.91. The fourth-order valence-electron chi connectivity index (χ4n) is 6.09. The maximum absolute atomic E-state index is 5.91. The molecule has 0 bridgehead atoms. The van der Waals surface area contributed by atoms with Crippen LogP contribution in [0.25, 0.3) is 44.7 Å². The topological polar surface area (TPSA) is 68.8 Å². The van der Waals surface area contributed by atoms with Gasteiger partial charge in [0.15, 0.2) is 11.5 Å². The van der Waals surface area contributed by atoms with Crippen LogP contribution >= 0.6 is 0 Å². The van der Waals surface area contributed by atoms with Gasteiger partial charge in [-0.3, -0.25) is 4.90 Å². The van der Waals surface area contributed by atoms with Crippen LogP contribution in [0.4, 0.5) is 5.69 Å². The fraction of sp³-hybridized carbons (Fsp3) is 0.306. The normalized spacial score (nSPS) is 14.1. The van der Waals surface area contributed by atoms with Crippen molar-refractivity contribution in [2.24, 2.45) is 12.8 Å². The first-order valence-electron chi connectivity index (χ1n) is 15.0. The highest BCUT2D eigenvalue weighted by Crippen LogP contribution is 2.38. The third-order valence-corrected chi connectivity index (χ3v) is 8.74. The largest absolute Gasteiger partial charge is 0.493 e. The van der Waals surface area contributed by atoms with E-state index in [9.17, 15) is 0 Å². The number of methoxy groups -OCH3 is 2. The Morgan fingerprint density at radius 1 is 0.744 bits per heavy atom. The molecule has 2 N–H and O–H groups in total. The molecule has 222 valence electrons. The number of hydrogen-bond donors (Lipinski definition) is 1. The minimum atomic E-state index is 0.516. The van der Waals surface area contributed by atoms with Crippen LogP contribution in [0.15, 0.2) is 78.9 Å². The summed E-state index contributed by atoms with van der Waals surface area (Å²) in [6.45, 7) is 9.39. The first kappa shape index (κ1) is 28.8. The SMILES string of the molecule is COc1ccc(-c2nc3c(-c4ccc(CN)cc4)cc(-c4ccc(N5CCN(C(C)C)CC5)cc4)cc3n2C)cc1OC. The Labute approximate surface area is 254 Å². The van der Waals surface area contributed by atoms with E-state index >= 15 is 0 Å². The molecule has 6 rings (SSSR count). The summed E-state index contributed by atoms with van der Waals surface area (Å²) in [5.74, 6) is 2.23. The molecule has 7 heteroatoms. The molecule has 1 fully saturated rings. The van der Waals surface area contributed by atoms with Gasteiger partial charge in [-0.15, -0.1) is 0 Å². The van der Waals surface area contributed by atoms with E-state index < -0.39 is 0 Å². The van der Waals surface area contributed by atoms with Crippen molar-refractivity contribution in [1.29, 1.82) is 0 Å². The van der Waals surface area contributed by atoms with Gasteiger partial charge in [0.2, 0.25) is 0 Å². The monoisotopic (exact) mass is 575 g/mol. The second kappa shape index (κ2) is 12.1. The average Bonchev–Trinajstić information content (AvgIpc) is 3.40. The summed E-state index contributed by atoms with van der Waals surface area (Å²) in [6, 6.07) is 28.6. The molecule has 7 nitrogen and oxygen atoms in total. The number of anilines is 1. The van der Waals surface area contributed by atoms with Crippen LogP contribution in [-0.4, -0.2) is 60.9 Å². The van der Waals surface area contributed by atoms with Gasteiger partial charge in [0, 0.05) is 62.6 Å². The van der Waals surface area contributed by atoms with Crippen molar-refractivity contribution < 1.29 is 9.47 Å². The summed E-state index contributed by atoms with van der Waals surface area (Å²) >= 11 is 0. The molecule has 0 amide bonds. The lowest BCUT2D eigenvalue weighted by Gasteiger charge is -2.38. The second-order valence-corrected chi connectivity index (χ2v) is 11.5. The van der Waals surface area contributed by atoms with E-state index in [-0.39, 0.29) is 0 Å². The third-order valence-electron chi connectivity index (χ3n) is 8.74. The summed E-state index contributed by atoms with van der Waals surface area (Å²) in [7, 11) is 5.38. The highest BCUT2D eigenvalue weighted by atomic mass is 16.5. The molecule has 43 heavy (non-hydrogen) atoms. The van der Waals surface area contributed by atoms with Gasteiger partial charge in [-0.25, -0.2) is 4.98 Å². The van der Waals surface area contributed by atoms with E-state index in [0.29, 0.717) is 24.1 Å². The number of hydrogen-bond acceptors (Lipinski definition) is 6. The number of aromatic nitrogens is 2. The van der Waals surface area contributed by atoms with Crippen LogP contribution in [0.1, 0.15) is 19.4 Å². The number of nitrogens with zero attached hydrogens (tertiary/aromatic N) is 4. The molecule has 0 atom stereocenters. The summed E-state index contributed by atoms with van der Waals surface area (Å²) in [5.41, 5.74) is 15.8. The lowest BCUT2D eigenvalue weighted by atomic mass is 9.96. The zero-order valence-electron chi connectivity index (χ0n) is 25.8. The number of imidazole rings is 1. The van der Waals surface area contributed by atoms with Gasteiger partial charge in [0.25, 0.3) is 0 Å². The number of rotatable bonds is 8. The fourth-order valence-corrected chi connectivity index (χ4v) is 6.09. The van der Waals surface area contributed by atoms with Gasteiger partial charge in [-0.05, 0) is 78.6 Å². The number of aryl methyl sites for hydroxylation is 1. The molecular weight excluding hydrogens is 534 g/mol. The highest BCUT2D eigenvalue weighted by Gasteiger charge is 2.20. The Balaban J connectivity index is 1.42. The minimum Gasteiger partial charge on any atom is -0.493 e. The van der Waals surface area contributed by atoms with E-state index in [1.54, 1.807) is 14.2 Å². The van der Waals surface area contributed by atoms with E-state index in [1.807, 2.05) is 18.2 Å². The number of benzene rings is 4. The predicted octanol–water partition coefficient (Wildman–Crippen LogP) is 6.58. The lowest BCUT2D eigenvalue weighted by Crippen LogP contribution is -2.48. The summed E-state index contributed by atoms with van der Waals surface area (Å²) < 4.78 is 13.2. The van der Waals surface area contributed by atoms with Gasteiger partial charge in [0.1, 0.15) is 5.82 Å². The Morgan fingerprint density at radius 2 is 1.40 bits per heavy atom. The van der Waals surface area contributed by atoms with Crippen molar-refractivity contribution in [2.75, 3.05) is 45.3 Å². The van der Waals surface area contributed by atoms with Crippen molar-refractivity contribution in [1.82, 2.24) is 14.5 Å². The van der Waals surface area contributed by atoms with Crippen molar-refractivity contribution >= 4 is 16.7 Å². The Bertz CT molecular complexity index is 1720. The minimum absolute atomic E-state index is 0.516. The molecule has 0 aliphatic carbocycles. The Hall–Kier alpha value is -4.33. The van der Waals surface area contributed by atoms with Gasteiger partial charge < -0.3 is 24.7 Å². The number of piperazine rings is 1. The molecule has 5 aromatic rings. The van der Waals surface area contributed by atoms with E-state index in [0.717, 1.165) is 70.9 Å². The van der Waals surface area contributed by atoms with Crippen molar-refractivity contribution in [3.63, 3.8) is 0 Å². The molecule has 4 aromatic carbocycles. The maximum Gasteiger partial charge on any atom is 0.161 e. The van der Waals surface area contributed by atoms with E-state index in [1.165, 1.54) is 11.3 Å². The molecule has 1 aliphatic heterocycles. The van der Waals surface area contributed by atoms with Crippen molar-refractivity contribution in [2.45, 2.75) is 26.4 Å². The first-order chi connectivity index (χ1) is 20.9. The second-order valence-electron chi connectivity index (χ2n) is 11.5. The van der Waals surface area contributed by atoms with Crippen molar-refractivity contribution in [3.05, 3.63) is 84.4 Å². The molecule has 0 spiro atoms. The van der Waals surface area contributed by atoms with E-state index in [2.05, 4.69) is 95.9 Å². The third kappa shape index (κ3) is 5.58. The molecule has 0 saturated carbocycles. The average molecular weight is 576 g/mol. The number of ether oxygens (including phenoxy) is 2. The summed E-state index contributed by atoms with van der Waals surface area (Å²) in [5, 5.41) is 0. The van der Waals surface area contributed by atoms with Crippen LogP contribution in [0.2, 0.25) is 0 Å². The van der Waals surface area contributed by atoms with Gasteiger partial charge in [-0.2, -0.15) is 0 Å². The highest BCUT2D eigenvalue weighted by molar-refractivity contribution is 5.98. The van der Waals surface area contributed by atoms with Crippen LogP contribution in [0.3, 0.4) is 0 Å². The zero-order chi connectivity index (χ0) is 30.1. The summed E-state index contributed by atoms with van der Waals surface area (Å²) in [4.78, 5) is 10.2. The first-order valence-corrected chi connectivity index (χ1v) is 15.0. The molecular formula is C36H41N5O2. The Kier molecular flexibility index (Phi) is 8.10. The molecule has 1 aromatic heterocycles. The molecule has 1 saturated heterocycles. The molecule has 0 unspecified atom stereocenters. The summed E-state index contributed by atoms with van der Waals surface area (Å²) in [6.07, 6.45) is 0. The quantitative estimate of drug-likeness (QED) is 0.225. The molecule has 1 aliphatic rings. The predicted molar refractivity (Wildman–Crippen MR) is 177 cm³/mol.